The largest absolute Gasteiger partial charge is 0.490 e. The number of alkyl halides is 6. The molecule has 220 valence electrons. The SMILES string of the molecule is O=C(C[C@]12COC[C@H]1CN(c1ncc(F)cn1)C2)NCc1cccnc1.O=C(O)C(F)(F)F.O=C(O)C(F)(F)F. The summed E-state index contributed by atoms with van der Waals surface area (Å²) < 4.78 is 82.2. The Kier molecular flexibility index (Phi) is 10.7. The third-order valence-electron chi connectivity index (χ3n) is 5.62. The maximum atomic E-state index is 13.1. The Morgan fingerprint density at radius 3 is 2.12 bits per heavy atom. The second kappa shape index (κ2) is 13.3. The lowest BCUT2D eigenvalue weighted by Crippen LogP contribution is -2.37. The van der Waals surface area contributed by atoms with E-state index in [4.69, 9.17) is 24.5 Å². The summed E-state index contributed by atoms with van der Waals surface area (Å²) in [5, 5.41) is 17.2. The average Bonchev–Trinajstić information content (AvgIpc) is 3.40. The normalized spacial score (nSPS) is 19.9. The number of pyridine rings is 1. The quantitative estimate of drug-likeness (QED) is 0.446. The molecule has 3 N–H and O–H groups in total. The van der Waals surface area contributed by atoms with Gasteiger partial charge in [0, 0.05) is 49.8 Å². The number of carboxylic acids is 2. The number of carbonyl (C=O) groups is 3. The van der Waals surface area contributed by atoms with Gasteiger partial charge in [0.15, 0.2) is 5.82 Å². The summed E-state index contributed by atoms with van der Waals surface area (Å²) in [6.07, 6.45) is -4.01. The van der Waals surface area contributed by atoms with Gasteiger partial charge >= 0.3 is 24.3 Å². The number of aromatic nitrogens is 3. The van der Waals surface area contributed by atoms with Gasteiger partial charge in [-0.05, 0) is 11.6 Å². The molecular formula is C22H22F7N5O6. The molecule has 0 unspecified atom stereocenters. The zero-order valence-corrected chi connectivity index (χ0v) is 20.2. The highest BCUT2D eigenvalue weighted by Gasteiger charge is 2.52. The van der Waals surface area contributed by atoms with Crippen molar-refractivity contribution < 1.29 is 60.1 Å². The van der Waals surface area contributed by atoms with Crippen molar-refractivity contribution in [3.8, 4) is 0 Å². The van der Waals surface area contributed by atoms with Crippen molar-refractivity contribution in [1.29, 1.82) is 0 Å². The molecule has 4 heterocycles. The molecule has 0 aromatic carbocycles. The number of rotatable bonds is 5. The number of fused-ring (bicyclic) bond motifs is 1. The molecule has 18 heteroatoms. The Bertz CT molecular complexity index is 1130. The molecule has 2 aromatic heterocycles. The lowest BCUT2D eigenvalue weighted by atomic mass is 9.78. The van der Waals surface area contributed by atoms with Crippen molar-refractivity contribution in [2.75, 3.05) is 31.2 Å². The van der Waals surface area contributed by atoms with Crippen molar-refractivity contribution >= 4 is 23.8 Å². The molecule has 2 aliphatic heterocycles. The van der Waals surface area contributed by atoms with Crippen LogP contribution in [-0.2, 0) is 25.7 Å². The van der Waals surface area contributed by atoms with Gasteiger partial charge in [-0.15, -0.1) is 0 Å². The number of halogens is 7. The molecule has 0 spiro atoms. The molecular weight excluding hydrogens is 563 g/mol. The van der Waals surface area contributed by atoms with Gasteiger partial charge in [0.1, 0.15) is 0 Å². The Labute approximate surface area is 221 Å². The number of carboxylic acid groups (broad SMARTS) is 2. The van der Waals surface area contributed by atoms with Crippen LogP contribution in [0.5, 0.6) is 0 Å². The monoisotopic (exact) mass is 585 g/mol. The first kappa shape index (κ1) is 32.1. The fraction of sp³-hybridized carbons (Fsp3) is 0.455. The molecule has 2 aromatic rings. The van der Waals surface area contributed by atoms with Crippen LogP contribution < -0.4 is 10.2 Å². The fourth-order valence-electron chi connectivity index (χ4n) is 3.79. The molecule has 0 bridgehead atoms. The highest BCUT2D eigenvalue weighted by molar-refractivity contribution is 5.77. The number of nitrogens with one attached hydrogen (secondary N) is 1. The van der Waals surface area contributed by atoms with Crippen molar-refractivity contribution in [2.45, 2.75) is 25.3 Å². The minimum Gasteiger partial charge on any atom is -0.475 e. The first-order valence-electron chi connectivity index (χ1n) is 11.1. The number of ether oxygens (including phenoxy) is 1. The minimum atomic E-state index is -5.08. The number of hydrogen-bond donors (Lipinski definition) is 3. The molecule has 0 saturated carbocycles. The van der Waals surface area contributed by atoms with Gasteiger partial charge in [-0.1, -0.05) is 6.07 Å². The van der Waals surface area contributed by atoms with E-state index in [9.17, 15) is 35.5 Å². The average molecular weight is 585 g/mol. The zero-order chi connectivity index (χ0) is 30.1. The summed E-state index contributed by atoms with van der Waals surface area (Å²) in [5.41, 5.74) is 0.710. The molecule has 4 rings (SSSR count). The summed E-state index contributed by atoms with van der Waals surface area (Å²) in [6, 6.07) is 3.77. The Morgan fingerprint density at radius 2 is 1.62 bits per heavy atom. The van der Waals surface area contributed by atoms with Gasteiger partial charge in [-0.2, -0.15) is 26.3 Å². The van der Waals surface area contributed by atoms with E-state index in [2.05, 4.69) is 20.3 Å². The number of amides is 1. The standard InChI is InChI=1S/C18H20FN5O2.2C2HF3O2/c19-15-7-22-17(23-8-15)24-9-14-10-26-12-18(14,11-24)4-16(25)21-6-13-2-1-3-20-5-13;2*3-2(4,5)1(6)7/h1-3,5,7-8,14H,4,6,9-12H2,(H,21,25);2*(H,6,7)/t14-,18+;;/m1../s1. The molecule has 0 radical (unpaired) electrons. The predicted molar refractivity (Wildman–Crippen MR) is 119 cm³/mol. The van der Waals surface area contributed by atoms with Crippen LogP contribution in [0.15, 0.2) is 36.9 Å². The van der Waals surface area contributed by atoms with Gasteiger partial charge < -0.3 is 25.2 Å². The smallest absolute Gasteiger partial charge is 0.475 e. The lowest BCUT2D eigenvalue weighted by molar-refractivity contribution is -0.193. The zero-order valence-electron chi connectivity index (χ0n) is 20.2. The number of carbonyl (C=O) groups excluding carboxylic acids is 1. The highest BCUT2D eigenvalue weighted by Crippen LogP contribution is 2.44. The molecule has 2 aliphatic rings. The molecule has 2 fully saturated rings. The van der Waals surface area contributed by atoms with Crippen LogP contribution in [0.4, 0.5) is 36.7 Å². The second-order valence-electron chi connectivity index (χ2n) is 8.58. The van der Waals surface area contributed by atoms with Gasteiger partial charge in [-0.3, -0.25) is 9.78 Å². The summed E-state index contributed by atoms with van der Waals surface area (Å²) in [7, 11) is 0. The van der Waals surface area contributed by atoms with E-state index >= 15 is 0 Å². The maximum Gasteiger partial charge on any atom is 0.490 e. The van der Waals surface area contributed by atoms with Crippen LogP contribution in [0.1, 0.15) is 12.0 Å². The molecule has 0 aliphatic carbocycles. The summed E-state index contributed by atoms with van der Waals surface area (Å²) >= 11 is 0. The second-order valence-corrected chi connectivity index (χ2v) is 8.58. The number of nitrogens with zero attached hydrogens (tertiary/aromatic N) is 4. The molecule has 2 saturated heterocycles. The molecule has 2 atom stereocenters. The first-order chi connectivity index (χ1) is 18.5. The Morgan fingerprint density at radius 1 is 1.05 bits per heavy atom. The van der Waals surface area contributed by atoms with Gasteiger partial charge in [-0.25, -0.2) is 23.9 Å². The molecule has 40 heavy (non-hydrogen) atoms. The van der Waals surface area contributed by atoms with Crippen LogP contribution in [-0.4, -0.2) is 81.7 Å². The molecule has 11 nitrogen and oxygen atoms in total. The predicted octanol–water partition coefficient (Wildman–Crippen LogP) is 2.44. The lowest BCUT2D eigenvalue weighted by Gasteiger charge is -2.26. The molecule has 1 amide bonds. The number of hydrogen-bond acceptors (Lipinski definition) is 8. The Hall–Kier alpha value is -4.09. The van der Waals surface area contributed by atoms with Crippen LogP contribution in [0.2, 0.25) is 0 Å². The van der Waals surface area contributed by atoms with E-state index in [0.29, 0.717) is 45.2 Å². The number of anilines is 1. The van der Waals surface area contributed by atoms with E-state index in [-0.39, 0.29) is 17.2 Å². The van der Waals surface area contributed by atoms with Crippen LogP contribution in [0.3, 0.4) is 0 Å². The van der Waals surface area contributed by atoms with Crippen molar-refractivity contribution in [1.82, 2.24) is 20.3 Å². The summed E-state index contributed by atoms with van der Waals surface area (Å²) in [6.45, 7) is 2.95. The first-order valence-corrected chi connectivity index (χ1v) is 11.1. The van der Waals surface area contributed by atoms with Crippen molar-refractivity contribution in [2.24, 2.45) is 11.3 Å². The summed E-state index contributed by atoms with van der Waals surface area (Å²) in [5.74, 6) is -5.25. The minimum absolute atomic E-state index is 0.00812. The maximum absolute atomic E-state index is 13.1. The van der Waals surface area contributed by atoms with Gasteiger partial charge in [0.05, 0.1) is 25.6 Å². The van der Waals surface area contributed by atoms with Crippen LogP contribution in [0, 0.1) is 17.2 Å². The van der Waals surface area contributed by atoms with E-state index in [1.807, 2.05) is 17.0 Å². The van der Waals surface area contributed by atoms with E-state index in [1.165, 1.54) is 12.4 Å². The fourth-order valence-corrected chi connectivity index (χ4v) is 3.79. The van der Waals surface area contributed by atoms with Crippen LogP contribution in [0.25, 0.3) is 0 Å². The van der Waals surface area contributed by atoms with Gasteiger partial charge in [0.25, 0.3) is 0 Å². The van der Waals surface area contributed by atoms with E-state index < -0.39 is 30.1 Å². The Balaban J connectivity index is 0.000000333. The number of aliphatic carboxylic acids is 2. The van der Waals surface area contributed by atoms with Gasteiger partial charge in [0.2, 0.25) is 11.9 Å². The highest BCUT2D eigenvalue weighted by atomic mass is 19.4. The topological polar surface area (TPSA) is 155 Å². The van der Waals surface area contributed by atoms with Crippen molar-refractivity contribution in [3.05, 3.63) is 48.3 Å². The van der Waals surface area contributed by atoms with E-state index in [1.54, 1.807) is 12.4 Å². The third-order valence-corrected chi connectivity index (χ3v) is 5.62. The van der Waals surface area contributed by atoms with Crippen molar-refractivity contribution in [3.63, 3.8) is 0 Å². The summed E-state index contributed by atoms with van der Waals surface area (Å²) in [4.78, 5) is 44.5. The van der Waals surface area contributed by atoms with Crippen LogP contribution >= 0.6 is 0 Å². The third kappa shape index (κ3) is 9.58. The van der Waals surface area contributed by atoms with E-state index in [0.717, 1.165) is 5.56 Å².